The van der Waals surface area contributed by atoms with Crippen LogP contribution in [0.4, 0.5) is 0 Å². The highest BCUT2D eigenvalue weighted by molar-refractivity contribution is 7.99. The summed E-state index contributed by atoms with van der Waals surface area (Å²) in [5.74, 6) is 1.06. The monoisotopic (exact) mass is 463 g/mol. The Kier molecular flexibility index (Phi) is 7.39. The van der Waals surface area contributed by atoms with E-state index in [-0.39, 0.29) is 29.4 Å². The van der Waals surface area contributed by atoms with Crippen molar-refractivity contribution < 1.29 is 9.53 Å². The van der Waals surface area contributed by atoms with Gasteiger partial charge in [0, 0.05) is 17.5 Å². The van der Waals surface area contributed by atoms with E-state index < -0.39 is 0 Å². The zero-order chi connectivity index (χ0) is 22.0. The second kappa shape index (κ2) is 10.0. The summed E-state index contributed by atoms with van der Waals surface area (Å²) in [5.41, 5.74) is 1.10. The molecule has 1 unspecified atom stereocenters. The average molecular weight is 464 g/mol. The molecule has 4 rings (SSSR count). The standard InChI is InChI=1S/C23H33N3O3S2/c1-4-18-15(3)31-21-20(18)22(28)26(12-17-6-5-11-29-17)23(25-21)30-13-19(27)24-16-9-7-14(2)8-10-16/h14,16-17H,4-13H2,1-3H3,(H,24,27). The minimum atomic E-state index is 0.00544. The largest absolute Gasteiger partial charge is 0.376 e. The summed E-state index contributed by atoms with van der Waals surface area (Å²) in [6.07, 6.45) is 7.30. The molecule has 3 heterocycles. The van der Waals surface area contributed by atoms with Crippen LogP contribution in [-0.2, 0) is 22.5 Å². The molecule has 1 N–H and O–H groups in total. The van der Waals surface area contributed by atoms with E-state index in [1.54, 1.807) is 15.9 Å². The highest BCUT2D eigenvalue weighted by atomic mass is 32.2. The molecule has 2 aliphatic rings. The summed E-state index contributed by atoms with van der Waals surface area (Å²) >= 11 is 2.95. The van der Waals surface area contributed by atoms with E-state index >= 15 is 0 Å². The third-order valence-electron chi connectivity index (χ3n) is 6.55. The Balaban J connectivity index is 1.55. The molecular weight excluding hydrogens is 430 g/mol. The van der Waals surface area contributed by atoms with Crippen molar-refractivity contribution in [2.24, 2.45) is 5.92 Å². The number of thioether (sulfide) groups is 1. The van der Waals surface area contributed by atoms with Crippen LogP contribution in [0.5, 0.6) is 0 Å². The van der Waals surface area contributed by atoms with E-state index in [2.05, 4.69) is 26.1 Å². The topological polar surface area (TPSA) is 73.2 Å². The molecule has 0 radical (unpaired) electrons. The highest BCUT2D eigenvalue weighted by Crippen LogP contribution is 2.30. The maximum atomic E-state index is 13.5. The molecule has 1 aliphatic carbocycles. The molecule has 8 heteroatoms. The van der Waals surface area contributed by atoms with E-state index in [1.165, 1.54) is 24.6 Å². The Morgan fingerprint density at radius 1 is 1.29 bits per heavy atom. The molecule has 0 bridgehead atoms. The van der Waals surface area contributed by atoms with Gasteiger partial charge in [0.1, 0.15) is 4.83 Å². The number of ether oxygens (including phenoxy) is 1. The number of hydrogen-bond acceptors (Lipinski definition) is 6. The summed E-state index contributed by atoms with van der Waals surface area (Å²) in [6, 6.07) is 0.279. The molecule has 1 saturated carbocycles. The number of thiophene rings is 1. The zero-order valence-electron chi connectivity index (χ0n) is 18.7. The van der Waals surface area contributed by atoms with E-state index in [1.807, 2.05) is 0 Å². The molecule has 1 aliphatic heterocycles. The molecule has 2 fully saturated rings. The molecule has 1 amide bonds. The Hall–Kier alpha value is -1.38. The van der Waals surface area contributed by atoms with Crippen molar-refractivity contribution in [2.75, 3.05) is 12.4 Å². The van der Waals surface area contributed by atoms with Crippen molar-refractivity contribution >= 4 is 39.2 Å². The van der Waals surface area contributed by atoms with Crippen molar-refractivity contribution in [2.45, 2.75) is 89.6 Å². The summed E-state index contributed by atoms with van der Waals surface area (Å²) in [7, 11) is 0. The Morgan fingerprint density at radius 3 is 2.74 bits per heavy atom. The third-order valence-corrected chi connectivity index (χ3v) is 8.57. The van der Waals surface area contributed by atoms with Crippen LogP contribution in [0.2, 0.25) is 0 Å². The maximum Gasteiger partial charge on any atom is 0.263 e. The first-order valence-electron chi connectivity index (χ1n) is 11.5. The lowest BCUT2D eigenvalue weighted by molar-refractivity contribution is -0.119. The van der Waals surface area contributed by atoms with Crippen molar-refractivity contribution in [1.82, 2.24) is 14.9 Å². The predicted molar refractivity (Wildman–Crippen MR) is 127 cm³/mol. The number of rotatable bonds is 7. The van der Waals surface area contributed by atoms with Crippen LogP contribution in [0.25, 0.3) is 10.2 Å². The summed E-state index contributed by atoms with van der Waals surface area (Å²) in [4.78, 5) is 32.9. The van der Waals surface area contributed by atoms with Crippen molar-refractivity contribution in [3.05, 3.63) is 20.8 Å². The molecule has 6 nitrogen and oxygen atoms in total. The number of carbonyl (C=O) groups excluding carboxylic acids is 1. The number of hydrogen-bond donors (Lipinski definition) is 1. The van der Waals surface area contributed by atoms with E-state index in [4.69, 9.17) is 9.72 Å². The smallest absolute Gasteiger partial charge is 0.263 e. The number of nitrogens with zero attached hydrogens (tertiary/aromatic N) is 2. The molecule has 0 spiro atoms. The number of fused-ring (bicyclic) bond motifs is 1. The quantitative estimate of drug-likeness (QED) is 0.490. The van der Waals surface area contributed by atoms with Gasteiger partial charge < -0.3 is 10.1 Å². The van der Waals surface area contributed by atoms with E-state index in [9.17, 15) is 9.59 Å². The van der Waals surface area contributed by atoms with Crippen LogP contribution in [0.1, 0.15) is 62.8 Å². The van der Waals surface area contributed by atoms with Crippen LogP contribution in [0.3, 0.4) is 0 Å². The van der Waals surface area contributed by atoms with Gasteiger partial charge in [0.25, 0.3) is 5.56 Å². The third kappa shape index (κ3) is 5.17. The Bertz CT molecular complexity index is 986. The molecule has 1 atom stereocenters. The predicted octanol–water partition coefficient (Wildman–Crippen LogP) is 4.29. The highest BCUT2D eigenvalue weighted by Gasteiger charge is 2.24. The number of aryl methyl sites for hydroxylation is 2. The fraction of sp³-hybridized carbons (Fsp3) is 0.696. The minimum Gasteiger partial charge on any atom is -0.376 e. The minimum absolute atomic E-state index is 0.00544. The SMILES string of the molecule is CCc1c(C)sc2nc(SCC(=O)NC3CCC(C)CC3)n(CC3CCCO3)c(=O)c12. The first-order valence-corrected chi connectivity index (χ1v) is 13.3. The number of carbonyl (C=O) groups is 1. The molecule has 1 saturated heterocycles. The summed E-state index contributed by atoms with van der Waals surface area (Å²) in [6.45, 7) is 7.67. The van der Waals surface area contributed by atoms with Crippen LogP contribution in [-0.4, -0.2) is 40.0 Å². The fourth-order valence-electron chi connectivity index (χ4n) is 4.72. The summed E-state index contributed by atoms with van der Waals surface area (Å²) < 4.78 is 7.56. The van der Waals surface area contributed by atoms with Gasteiger partial charge in [0.15, 0.2) is 5.16 Å². The van der Waals surface area contributed by atoms with Crippen LogP contribution in [0.15, 0.2) is 9.95 Å². The number of nitrogens with one attached hydrogen (secondary N) is 1. The zero-order valence-corrected chi connectivity index (χ0v) is 20.4. The van der Waals surface area contributed by atoms with Gasteiger partial charge in [-0.25, -0.2) is 4.98 Å². The van der Waals surface area contributed by atoms with Gasteiger partial charge in [-0.3, -0.25) is 14.2 Å². The molecule has 2 aromatic rings. The van der Waals surface area contributed by atoms with Gasteiger partial charge in [-0.05, 0) is 63.4 Å². The number of aromatic nitrogens is 2. The molecule has 170 valence electrons. The van der Waals surface area contributed by atoms with Crippen LogP contribution in [0, 0.1) is 12.8 Å². The van der Waals surface area contributed by atoms with Gasteiger partial charge >= 0.3 is 0 Å². The van der Waals surface area contributed by atoms with Crippen LogP contribution < -0.4 is 10.9 Å². The lowest BCUT2D eigenvalue weighted by atomic mass is 9.87. The molecule has 31 heavy (non-hydrogen) atoms. The first-order chi connectivity index (χ1) is 15.0. The molecule has 2 aromatic heterocycles. The second-order valence-corrected chi connectivity index (χ2v) is 11.1. The van der Waals surface area contributed by atoms with Gasteiger partial charge in [0.2, 0.25) is 5.91 Å². The van der Waals surface area contributed by atoms with Crippen molar-refractivity contribution in [1.29, 1.82) is 0 Å². The lowest BCUT2D eigenvalue weighted by Gasteiger charge is -2.26. The van der Waals surface area contributed by atoms with Gasteiger partial charge in [-0.15, -0.1) is 11.3 Å². The first kappa shape index (κ1) is 22.8. The lowest BCUT2D eigenvalue weighted by Crippen LogP contribution is -2.38. The molecular formula is C23H33N3O3S2. The number of amides is 1. The van der Waals surface area contributed by atoms with Crippen molar-refractivity contribution in [3.63, 3.8) is 0 Å². The van der Waals surface area contributed by atoms with E-state index in [0.717, 1.165) is 65.3 Å². The average Bonchev–Trinajstić information content (AvgIpc) is 3.37. The van der Waals surface area contributed by atoms with Crippen molar-refractivity contribution in [3.8, 4) is 0 Å². The second-order valence-electron chi connectivity index (χ2n) is 8.93. The Morgan fingerprint density at radius 2 is 2.06 bits per heavy atom. The van der Waals surface area contributed by atoms with Crippen LogP contribution >= 0.6 is 23.1 Å². The van der Waals surface area contributed by atoms with E-state index in [0.29, 0.717) is 11.7 Å². The van der Waals surface area contributed by atoms with Gasteiger partial charge in [-0.2, -0.15) is 0 Å². The van der Waals surface area contributed by atoms with Gasteiger partial charge in [-0.1, -0.05) is 25.6 Å². The molecule has 0 aromatic carbocycles. The normalized spacial score (nSPS) is 24.0. The summed E-state index contributed by atoms with van der Waals surface area (Å²) in [5, 5.41) is 4.55. The maximum absolute atomic E-state index is 13.5. The fourth-order valence-corrected chi connectivity index (χ4v) is 6.70. The Labute approximate surface area is 192 Å². The van der Waals surface area contributed by atoms with Gasteiger partial charge in [0.05, 0.1) is 23.8 Å².